The Labute approximate surface area is 96.4 Å². The maximum atomic E-state index is 11.7. The van der Waals surface area contributed by atoms with Gasteiger partial charge in [0, 0.05) is 12.8 Å². The van der Waals surface area contributed by atoms with E-state index < -0.39 is 11.9 Å². The molecule has 0 aliphatic carbocycles. The molecular weight excluding hydrogens is 208 g/mol. The van der Waals surface area contributed by atoms with Crippen LogP contribution in [0.1, 0.15) is 46.5 Å². The zero-order valence-electron chi connectivity index (χ0n) is 10.2. The van der Waals surface area contributed by atoms with Crippen LogP contribution in [0.4, 0.5) is 0 Å². The second-order valence-corrected chi connectivity index (χ2v) is 3.78. The van der Waals surface area contributed by atoms with Crippen LogP contribution in [0.5, 0.6) is 0 Å². The molecule has 4 nitrogen and oxygen atoms in total. The molecule has 0 heterocycles. The van der Waals surface area contributed by atoms with Crippen LogP contribution in [0, 0.1) is 5.92 Å². The molecule has 1 atom stereocenters. The number of carbonyl (C=O) groups is 3. The predicted molar refractivity (Wildman–Crippen MR) is 60.0 cm³/mol. The van der Waals surface area contributed by atoms with Crippen molar-refractivity contribution in [3.05, 3.63) is 0 Å². The van der Waals surface area contributed by atoms with Gasteiger partial charge in [-0.3, -0.25) is 14.4 Å². The Bertz CT molecular complexity index is 258. The first-order chi connectivity index (χ1) is 7.52. The molecule has 0 amide bonds. The van der Waals surface area contributed by atoms with E-state index in [1.807, 2.05) is 6.92 Å². The smallest absolute Gasteiger partial charge is 0.316 e. The summed E-state index contributed by atoms with van der Waals surface area (Å²) >= 11 is 0. The average molecular weight is 228 g/mol. The molecule has 0 N–H and O–H groups in total. The minimum absolute atomic E-state index is 0.0403. The Morgan fingerprint density at radius 3 is 2.25 bits per heavy atom. The molecule has 0 saturated carbocycles. The standard InChI is InChI=1S/C12H20O4/c1-4-6-7-11(14)10(8-9(3)13)12(15)16-5-2/h10H,4-8H2,1-3H3. The molecule has 1 unspecified atom stereocenters. The van der Waals surface area contributed by atoms with E-state index in [0.717, 1.165) is 12.8 Å². The molecule has 0 aromatic carbocycles. The molecule has 0 aromatic heterocycles. The molecule has 0 rings (SSSR count). The maximum absolute atomic E-state index is 11.7. The van der Waals surface area contributed by atoms with Crippen LogP contribution in [0.3, 0.4) is 0 Å². The van der Waals surface area contributed by atoms with Gasteiger partial charge < -0.3 is 4.74 Å². The summed E-state index contributed by atoms with van der Waals surface area (Å²) in [5.41, 5.74) is 0. The third-order valence-corrected chi connectivity index (χ3v) is 2.23. The van der Waals surface area contributed by atoms with E-state index in [9.17, 15) is 14.4 Å². The number of hydrogen-bond acceptors (Lipinski definition) is 4. The van der Waals surface area contributed by atoms with Crippen molar-refractivity contribution in [2.75, 3.05) is 6.61 Å². The summed E-state index contributed by atoms with van der Waals surface area (Å²) in [4.78, 5) is 34.2. The predicted octanol–water partition coefficient (Wildman–Crippen LogP) is 1.90. The van der Waals surface area contributed by atoms with Crippen LogP contribution in [0.2, 0.25) is 0 Å². The summed E-state index contributed by atoms with van der Waals surface area (Å²) in [5, 5.41) is 0. The van der Waals surface area contributed by atoms with Crippen LogP contribution in [-0.4, -0.2) is 24.1 Å². The van der Waals surface area contributed by atoms with E-state index in [0.29, 0.717) is 6.42 Å². The average Bonchev–Trinajstić information content (AvgIpc) is 2.22. The van der Waals surface area contributed by atoms with Crippen molar-refractivity contribution < 1.29 is 19.1 Å². The quantitative estimate of drug-likeness (QED) is 0.470. The Balaban J connectivity index is 4.46. The van der Waals surface area contributed by atoms with Crippen molar-refractivity contribution in [1.82, 2.24) is 0 Å². The Kier molecular flexibility index (Phi) is 7.42. The summed E-state index contributed by atoms with van der Waals surface area (Å²) in [6, 6.07) is 0. The fourth-order valence-electron chi connectivity index (χ4n) is 1.38. The third kappa shape index (κ3) is 5.63. The fraction of sp³-hybridized carbons (Fsp3) is 0.750. The van der Waals surface area contributed by atoms with Crippen molar-refractivity contribution in [1.29, 1.82) is 0 Å². The number of carbonyl (C=O) groups excluding carboxylic acids is 3. The third-order valence-electron chi connectivity index (χ3n) is 2.23. The number of Topliss-reactive ketones (excluding diaryl/α,β-unsaturated/α-hetero) is 2. The van der Waals surface area contributed by atoms with Gasteiger partial charge in [-0.15, -0.1) is 0 Å². The van der Waals surface area contributed by atoms with Crippen molar-refractivity contribution >= 4 is 17.5 Å². The van der Waals surface area contributed by atoms with Crippen LogP contribution >= 0.6 is 0 Å². The first-order valence-electron chi connectivity index (χ1n) is 5.71. The maximum Gasteiger partial charge on any atom is 0.316 e. The highest BCUT2D eigenvalue weighted by atomic mass is 16.5. The molecule has 0 radical (unpaired) electrons. The first-order valence-corrected chi connectivity index (χ1v) is 5.71. The highest BCUT2D eigenvalue weighted by Crippen LogP contribution is 2.12. The van der Waals surface area contributed by atoms with Crippen molar-refractivity contribution in [2.24, 2.45) is 5.92 Å². The van der Waals surface area contributed by atoms with E-state index in [1.165, 1.54) is 6.92 Å². The minimum atomic E-state index is -0.899. The number of rotatable bonds is 8. The van der Waals surface area contributed by atoms with Gasteiger partial charge >= 0.3 is 5.97 Å². The molecule has 4 heteroatoms. The molecule has 0 spiro atoms. The number of esters is 1. The first kappa shape index (κ1) is 14.8. The highest BCUT2D eigenvalue weighted by molar-refractivity contribution is 6.02. The van der Waals surface area contributed by atoms with Gasteiger partial charge in [0.05, 0.1) is 6.61 Å². The van der Waals surface area contributed by atoms with E-state index >= 15 is 0 Å². The largest absolute Gasteiger partial charge is 0.465 e. The van der Waals surface area contributed by atoms with Gasteiger partial charge in [0.15, 0.2) is 0 Å². The lowest BCUT2D eigenvalue weighted by molar-refractivity contribution is -0.153. The van der Waals surface area contributed by atoms with Crippen LogP contribution in [-0.2, 0) is 19.1 Å². The summed E-state index contributed by atoms with van der Waals surface area (Å²) in [7, 11) is 0. The molecule has 0 aromatic rings. The topological polar surface area (TPSA) is 60.4 Å². The number of unbranched alkanes of at least 4 members (excludes halogenated alkanes) is 1. The molecule has 0 saturated heterocycles. The lowest BCUT2D eigenvalue weighted by Gasteiger charge is -2.12. The summed E-state index contributed by atoms with van der Waals surface area (Å²) in [6.07, 6.45) is 1.93. The lowest BCUT2D eigenvalue weighted by atomic mass is 9.95. The SMILES string of the molecule is CCCCC(=O)C(CC(C)=O)C(=O)OCC. The van der Waals surface area contributed by atoms with E-state index in [-0.39, 0.29) is 24.6 Å². The van der Waals surface area contributed by atoms with Crippen molar-refractivity contribution in [2.45, 2.75) is 46.5 Å². The van der Waals surface area contributed by atoms with Crippen molar-refractivity contribution in [3.8, 4) is 0 Å². The Hall–Kier alpha value is -1.19. The summed E-state index contributed by atoms with van der Waals surface area (Å²) in [5.74, 6) is -1.82. The number of ether oxygens (including phenoxy) is 1. The fourth-order valence-corrected chi connectivity index (χ4v) is 1.38. The normalized spacial score (nSPS) is 11.9. The molecular formula is C12H20O4. The van der Waals surface area contributed by atoms with Crippen LogP contribution in [0.15, 0.2) is 0 Å². The monoisotopic (exact) mass is 228 g/mol. The number of hydrogen-bond donors (Lipinski definition) is 0. The van der Waals surface area contributed by atoms with Gasteiger partial charge in [-0.25, -0.2) is 0 Å². The van der Waals surface area contributed by atoms with E-state index in [1.54, 1.807) is 6.92 Å². The van der Waals surface area contributed by atoms with Crippen LogP contribution in [0.25, 0.3) is 0 Å². The Morgan fingerprint density at radius 2 is 1.81 bits per heavy atom. The number of ketones is 2. The van der Waals surface area contributed by atoms with E-state index in [4.69, 9.17) is 4.74 Å². The molecule has 0 aliphatic rings. The molecule has 0 fully saturated rings. The van der Waals surface area contributed by atoms with E-state index in [2.05, 4.69) is 0 Å². The second kappa shape index (κ2) is 8.02. The molecule has 0 bridgehead atoms. The zero-order chi connectivity index (χ0) is 12.6. The molecule has 0 aliphatic heterocycles. The molecule has 16 heavy (non-hydrogen) atoms. The van der Waals surface area contributed by atoms with Crippen LogP contribution < -0.4 is 0 Å². The molecule has 92 valence electrons. The van der Waals surface area contributed by atoms with Gasteiger partial charge in [-0.1, -0.05) is 13.3 Å². The summed E-state index contributed by atoms with van der Waals surface area (Å²) < 4.78 is 4.79. The Morgan fingerprint density at radius 1 is 1.19 bits per heavy atom. The lowest BCUT2D eigenvalue weighted by Crippen LogP contribution is -2.28. The zero-order valence-corrected chi connectivity index (χ0v) is 10.2. The van der Waals surface area contributed by atoms with Crippen molar-refractivity contribution in [3.63, 3.8) is 0 Å². The minimum Gasteiger partial charge on any atom is -0.465 e. The van der Waals surface area contributed by atoms with Gasteiger partial charge in [-0.05, 0) is 20.3 Å². The second-order valence-electron chi connectivity index (χ2n) is 3.78. The van der Waals surface area contributed by atoms with Gasteiger partial charge in [-0.2, -0.15) is 0 Å². The van der Waals surface area contributed by atoms with Gasteiger partial charge in [0.2, 0.25) is 0 Å². The van der Waals surface area contributed by atoms with Gasteiger partial charge in [0.25, 0.3) is 0 Å². The summed E-state index contributed by atoms with van der Waals surface area (Å²) in [6.45, 7) is 5.25. The highest BCUT2D eigenvalue weighted by Gasteiger charge is 2.28. The van der Waals surface area contributed by atoms with Gasteiger partial charge in [0.1, 0.15) is 17.5 Å².